The third kappa shape index (κ3) is 4.86. The molecule has 1 aromatic carbocycles. The highest BCUT2D eigenvalue weighted by atomic mass is 32.2. The van der Waals surface area contributed by atoms with E-state index < -0.39 is 10.0 Å². The van der Waals surface area contributed by atoms with E-state index in [0.29, 0.717) is 37.4 Å². The zero-order valence-electron chi connectivity index (χ0n) is 18.3. The fraction of sp³-hybridized carbons (Fsp3) is 0.636. The van der Waals surface area contributed by atoms with Crippen molar-refractivity contribution in [1.29, 1.82) is 0 Å². The summed E-state index contributed by atoms with van der Waals surface area (Å²) in [7, 11) is -0.186. The van der Waals surface area contributed by atoms with Crippen molar-refractivity contribution in [2.24, 2.45) is 5.92 Å². The standard InChI is InChI=1S/C22H33N3O4S/c1-4-12-24(16-21(26)23(2)3)22(27)18-10-13-25(14-11-18)30(28,29)20-9-8-17-6-5-7-19(17)15-20/h8-9,15,18H,4-7,10-14,16H2,1-3H3. The summed E-state index contributed by atoms with van der Waals surface area (Å²) >= 11 is 0. The number of carbonyl (C=O) groups excluding carboxylic acids is 2. The molecule has 8 heteroatoms. The maximum atomic E-state index is 13.1. The number of sulfonamides is 1. The van der Waals surface area contributed by atoms with Crippen LogP contribution in [0.5, 0.6) is 0 Å². The van der Waals surface area contributed by atoms with Crippen molar-refractivity contribution in [1.82, 2.24) is 14.1 Å². The van der Waals surface area contributed by atoms with Gasteiger partial charge in [0.25, 0.3) is 0 Å². The Morgan fingerprint density at radius 2 is 1.77 bits per heavy atom. The molecule has 1 saturated heterocycles. The lowest BCUT2D eigenvalue weighted by Crippen LogP contribution is -2.47. The van der Waals surface area contributed by atoms with E-state index in [4.69, 9.17) is 0 Å². The molecule has 0 saturated carbocycles. The smallest absolute Gasteiger partial charge is 0.243 e. The molecule has 0 radical (unpaired) electrons. The molecule has 0 atom stereocenters. The van der Waals surface area contributed by atoms with E-state index in [2.05, 4.69) is 0 Å². The molecular formula is C22H33N3O4S. The molecule has 1 aliphatic heterocycles. The normalized spacial score (nSPS) is 17.6. The van der Waals surface area contributed by atoms with E-state index in [-0.39, 0.29) is 24.3 Å². The summed E-state index contributed by atoms with van der Waals surface area (Å²) in [5.74, 6) is -0.381. The van der Waals surface area contributed by atoms with Gasteiger partial charge in [0.15, 0.2) is 0 Å². The molecule has 1 aliphatic carbocycles. The van der Waals surface area contributed by atoms with E-state index in [1.807, 2.05) is 19.1 Å². The number of aryl methyl sites for hydroxylation is 2. The number of amides is 2. The Bertz CT molecular complexity index is 890. The SMILES string of the molecule is CCCN(CC(=O)N(C)C)C(=O)C1CCN(S(=O)(=O)c2ccc3c(c2)CCC3)CC1. The van der Waals surface area contributed by atoms with Gasteiger partial charge in [0, 0.05) is 39.6 Å². The number of rotatable bonds is 7. The maximum Gasteiger partial charge on any atom is 0.243 e. The summed E-state index contributed by atoms with van der Waals surface area (Å²) in [6.45, 7) is 3.25. The van der Waals surface area contributed by atoms with Crippen LogP contribution >= 0.6 is 0 Å². The summed E-state index contributed by atoms with van der Waals surface area (Å²) in [6, 6.07) is 5.48. The van der Waals surface area contributed by atoms with Crippen molar-refractivity contribution in [2.75, 3.05) is 40.3 Å². The minimum absolute atomic E-state index is 0.0402. The molecular weight excluding hydrogens is 402 g/mol. The second-order valence-corrected chi connectivity index (χ2v) is 10.4. The minimum Gasteiger partial charge on any atom is -0.347 e. The van der Waals surface area contributed by atoms with Crippen LogP contribution in [-0.2, 0) is 32.5 Å². The van der Waals surface area contributed by atoms with Crippen LogP contribution in [0.15, 0.2) is 23.1 Å². The highest BCUT2D eigenvalue weighted by Crippen LogP contribution is 2.29. The largest absolute Gasteiger partial charge is 0.347 e. The van der Waals surface area contributed by atoms with Crippen LogP contribution < -0.4 is 0 Å². The zero-order valence-corrected chi connectivity index (χ0v) is 19.1. The number of hydrogen-bond acceptors (Lipinski definition) is 4. The Labute approximate surface area is 180 Å². The average molecular weight is 436 g/mol. The molecule has 3 rings (SSSR count). The summed E-state index contributed by atoms with van der Waals surface area (Å²) in [6.07, 6.45) is 4.79. The van der Waals surface area contributed by atoms with Crippen LogP contribution in [0.1, 0.15) is 43.7 Å². The Morgan fingerprint density at radius 1 is 1.10 bits per heavy atom. The fourth-order valence-corrected chi connectivity index (χ4v) is 5.82. The van der Waals surface area contributed by atoms with Crippen LogP contribution in [0.3, 0.4) is 0 Å². The summed E-state index contributed by atoms with van der Waals surface area (Å²) in [5.41, 5.74) is 2.39. The van der Waals surface area contributed by atoms with Crippen molar-refractivity contribution in [3.63, 3.8) is 0 Å². The van der Waals surface area contributed by atoms with Gasteiger partial charge in [-0.15, -0.1) is 0 Å². The molecule has 0 N–H and O–H groups in total. The van der Waals surface area contributed by atoms with Gasteiger partial charge in [0.05, 0.1) is 11.4 Å². The van der Waals surface area contributed by atoms with E-state index in [1.165, 1.54) is 14.8 Å². The first-order valence-electron chi connectivity index (χ1n) is 10.8. The minimum atomic E-state index is -3.55. The number of piperidine rings is 1. The highest BCUT2D eigenvalue weighted by molar-refractivity contribution is 7.89. The molecule has 1 aromatic rings. The summed E-state index contributed by atoms with van der Waals surface area (Å²) in [5, 5.41) is 0. The number of likely N-dealkylation sites (N-methyl/N-ethyl adjacent to an activating group) is 1. The predicted octanol–water partition coefficient (Wildman–Crippen LogP) is 1.90. The topological polar surface area (TPSA) is 78.0 Å². The van der Waals surface area contributed by atoms with Crippen molar-refractivity contribution in [2.45, 2.75) is 50.3 Å². The van der Waals surface area contributed by atoms with E-state index >= 15 is 0 Å². The quantitative estimate of drug-likeness (QED) is 0.655. The summed E-state index contributed by atoms with van der Waals surface area (Å²) < 4.78 is 27.7. The van der Waals surface area contributed by atoms with Gasteiger partial charge >= 0.3 is 0 Å². The van der Waals surface area contributed by atoms with E-state index in [1.54, 1.807) is 25.1 Å². The third-order valence-corrected chi connectivity index (χ3v) is 8.04. The van der Waals surface area contributed by atoms with Gasteiger partial charge in [-0.2, -0.15) is 4.31 Å². The maximum absolute atomic E-state index is 13.1. The van der Waals surface area contributed by atoms with E-state index in [0.717, 1.165) is 31.2 Å². The highest BCUT2D eigenvalue weighted by Gasteiger charge is 2.34. The van der Waals surface area contributed by atoms with Crippen molar-refractivity contribution >= 4 is 21.8 Å². The molecule has 30 heavy (non-hydrogen) atoms. The lowest BCUT2D eigenvalue weighted by molar-refractivity contribution is -0.142. The molecule has 1 fully saturated rings. The lowest BCUT2D eigenvalue weighted by Gasteiger charge is -2.33. The van der Waals surface area contributed by atoms with E-state index in [9.17, 15) is 18.0 Å². The van der Waals surface area contributed by atoms with Gasteiger partial charge in [-0.25, -0.2) is 8.42 Å². The predicted molar refractivity (Wildman–Crippen MR) is 116 cm³/mol. The van der Waals surface area contributed by atoms with Crippen LogP contribution in [0, 0.1) is 5.92 Å². The fourth-order valence-electron chi connectivity index (χ4n) is 4.30. The molecule has 7 nitrogen and oxygen atoms in total. The van der Waals surface area contributed by atoms with Gasteiger partial charge in [-0.1, -0.05) is 13.0 Å². The number of benzene rings is 1. The first kappa shape index (κ1) is 22.7. The van der Waals surface area contributed by atoms with Gasteiger partial charge in [0.1, 0.15) is 0 Å². The Balaban J connectivity index is 1.64. The third-order valence-electron chi connectivity index (χ3n) is 6.14. The Kier molecular flexibility index (Phi) is 7.18. The van der Waals surface area contributed by atoms with Crippen LogP contribution in [0.25, 0.3) is 0 Å². The molecule has 2 amide bonds. The van der Waals surface area contributed by atoms with Gasteiger partial charge in [0.2, 0.25) is 21.8 Å². The van der Waals surface area contributed by atoms with Crippen LogP contribution in [0.2, 0.25) is 0 Å². The molecule has 166 valence electrons. The molecule has 0 unspecified atom stereocenters. The molecule has 0 aromatic heterocycles. The van der Waals surface area contributed by atoms with Crippen molar-refractivity contribution in [3.8, 4) is 0 Å². The monoisotopic (exact) mass is 435 g/mol. The first-order valence-corrected chi connectivity index (χ1v) is 12.3. The first-order chi connectivity index (χ1) is 14.2. The molecule has 0 spiro atoms. The second kappa shape index (κ2) is 9.47. The Hall–Kier alpha value is -1.93. The zero-order chi connectivity index (χ0) is 21.9. The number of fused-ring (bicyclic) bond motifs is 1. The molecule has 0 bridgehead atoms. The van der Waals surface area contributed by atoms with Gasteiger partial charge in [-0.3, -0.25) is 9.59 Å². The Morgan fingerprint density at radius 3 is 2.40 bits per heavy atom. The van der Waals surface area contributed by atoms with Crippen molar-refractivity contribution < 1.29 is 18.0 Å². The van der Waals surface area contributed by atoms with Crippen LogP contribution in [0.4, 0.5) is 0 Å². The lowest BCUT2D eigenvalue weighted by atomic mass is 9.96. The average Bonchev–Trinajstić information content (AvgIpc) is 3.20. The summed E-state index contributed by atoms with van der Waals surface area (Å²) in [4.78, 5) is 28.5. The number of hydrogen-bond donors (Lipinski definition) is 0. The second-order valence-electron chi connectivity index (χ2n) is 8.51. The molecule has 2 aliphatic rings. The molecule has 1 heterocycles. The number of carbonyl (C=O) groups is 2. The van der Waals surface area contributed by atoms with Gasteiger partial charge < -0.3 is 9.80 Å². The van der Waals surface area contributed by atoms with Crippen molar-refractivity contribution in [3.05, 3.63) is 29.3 Å². The van der Waals surface area contributed by atoms with Crippen LogP contribution in [-0.4, -0.2) is 74.6 Å². The van der Waals surface area contributed by atoms with Gasteiger partial charge in [-0.05, 0) is 61.8 Å². The number of nitrogens with zero attached hydrogens (tertiary/aromatic N) is 3.